The number of aryl methyl sites for hydroxylation is 1. The highest BCUT2D eigenvalue weighted by Gasteiger charge is 2.59. The molecule has 0 aliphatic heterocycles. The lowest BCUT2D eigenvalue weighted by Gasteiger charge is -2.34. The van der Waals surface area contributed by atoms with E-state index in [9.17, 15) is 4.79 Å². The number of thiophene rings is 1. The first-order valence-electron chi connectivity index (χ1n) is 8.33. The Labute approximate surface area is 137 Å². The van der Waals surface area contributed by atoms with Crippen molar-refractivity contribution in [2.24, 2.45) is 21.8 Å². The maximum Gasteiger partial charge on any atom is 0.272 e. The molecule has 4 heteroatoms. The predicted molar refractivity (Wildman–Crippen MR) is 92.4 cm³/mol. The topological polar surface area (TPSA) is 41.5 Å². The van der Waals surface area contributed by atoms with E-state index in [0.717, 1.165) is 24.8 Å². The van der Waals surface area contributed by atoms with Crippen LogP contribution in [0.3, 0.4) is 0 Å². The van der Waals surface area contributed by atoms with Gasteiger partial charge in [-0.1, -0.05) is 34.1 Å². The normalized spacial score (nSPS) is 30.9. The van der Waals surface area contributed by atoms with Crippen LogP contribution >= 0.6 is 11.3 Å². The lowest BCUT2D eigenvalue weighted by atomic mass is 9.70. The second-order valence-corrected chi connectivity index (χ2v) is 8.54. The summed E-state index contributed by atoms with van der Waals surface area (Å²) in [6.45, 7) is 9.17. The minimum atomic E-state index is -0.0738. The molecule has 2 atom stereocenters. The molecule has 0 unspecified atom stereocenters. The number of hydrogen-bond acceptors (Lipinski definition) is 3. The number of hydrazone groups is 1. The van der Waals surface area contributed by atoms with Gasteiger partial charge in [-0.25, -0.2) is 5.43 Å². The van der Waals surface area contributed by atoms with Gasteiger partial charge < -0.3 is 0 Å². The van der Waals surface area contributed by atoms with Crippen LogP contribution in [0, 0.1) is 16.7 Å². The van der Waals surface area contributed by atoms with Gasteiger partial charge in [-0.2, -0.15) is 5.10 Å². The molecule has 3 nitrogen and oxygen atoms in total. The van der Waals surface area contributed by atoms with E-state index in [-0.39, 0.29) is 11.3 Å². The largest absolute Gasteiger partial charge is 0.272 e. The van der Waals surface area contributed by atoms with Gasteiger partial charge in [-0.15, -0.1) is 11.3 Å². The zero-order valence-corrected chi connectivity index (χ0v) is 14.8. The van der Waals surface area contributed by atoms with E-state index in [0.29, 0.717) is 11.3 Å². The minimum Gasteiger partial charge on any atom is -0.267 e. The average Bonchev–Trinajstić information content (AvgIpc) is 3.07. The predicted octanol–water partition coefficient (Wildman–Crippen LogP) is 4.63. The third-order valence-electron chi connectivity index (χ3n) is 6.22. The lowest BCUT2D eigenvalue weighted by molar-refractivity contribution is 0.0954. The summed E-state index contributed by atoms with van der Waals surface area (Å²) in [6, 6.07) is 2.00. The molecule has 0 aromatic carbocycles. The van der Waals surface area contributed by atoms with E-state index in [4.69, 9.17) is 0 Å². The van der Waals surface area contributed by atoms with Crippen molar-refractivity contribution >= 4 is 23.0 Å². The highest BCUT2D eigenvalue weighted by atomic mass is 32.1. The summed E-state index contributed by atoms with van der Waals surface area (Å²) in [7, 11) is 0. The molecule has 1 N–H and O–H groups in total. The van der Waals surface area contributed by atoms with Crippen LogP contribution in [0.25, 0.3) is 0 Å². The van der Waals surface area contributed by atoms with Crippen LogP contribution in [0.5, 0.6) is 0 Å². The first kappa shape index (κ1) is 15.7. The van der Waals surface area contributed by atoms with Crippen LogP contribution < -0.4 is 5.43 Å². The standard InChI is InChI=1S/C18H26N2OS/c1-5-6-14-9-12(11-22-14)16(21)20-19-15-10-13-7-8-18(15,4)17(13,2)3/h9,11,13H,5-8,10H2,1-4H3,(H,20,21)/b19-15-/t13-,18-/m0/s1. The lowest BCUT2D eigenvalue weighted by Crippen LogP contribution is -2.34. The summed E-state index contributed by atoms with van der Waals surface area (Å²) in [5.41, 5.74) is 5.17. The molecule has 0 spiro atoms. The summed E-state index contributed by atoms with van der Waals surface area (Å²) >= 11 is 1.66. The number of amides is 1. The molecule has 0 saturated heterocycles. The van der Waals surface area contributed by atoms with Crippen LogP contribution in [0.4, 0.5) is 0 Å². The summed E-state index contributed by atoms with van der Waals surface area (Å²) in [6.07, 6.45) is 5.67. The van der Waals surface area contributed by atoms with Crippen LogP contribution in [0.15, 0.2) is 16.5 Å². The fraction of sp³-hybridized carbons (Fsp3) is 0.667. The second kappa shape index (κ2) is 5.48. The van der Waals surface area contributed by atoms with Gasteiger partial charge in [-0.3, -0.25) is 4.79 Å². The highest BCUT2D eigenvalue weighted by Crippen LogP contribution is 2.63. The van der Waals surface area contributed by atoms with Crippen molar-refractivity contribution in [2.45, 2.75) is 59.8 Å². The SMILES string of the molecule is CCCc1cc(C(=O)N/N=C2/C[C@@H]3CC[C@]2(C)C3(C)C)cs1. The summed E-state index contributed by atoms with van der Waals surface area (Å²) < 4.78 is 0. The van der Waals surface area contributed by atoms with E-state index in [1.807, 2.05) is 11.4 Å². The van der Waals surface area contributed by atoms with E-state index in [1.54, 1.807) is 11.3 Å². The molecular weight excluding hydrogens is 292 g/mol. The molecule has 1 aromatic heterocycles. The number of fused-ring (bicyclic) bond motifs is 2. The maximum absolute atomic E-state index is 12.3. The monoisotopic (exact) mass is 318 g/mol. The first-order valence-corrected chi connectivity index (χ1v) is 9.21. The third kappa shape index (κ3) is 2.32. The smallest absolute Gasteiger partial charge is 0.267 e. The molecule has 2 bridgehead atoms. The van der Waals surface area contributed by atoms with E-state index in [1.165, 1.54) is 23.4 Å². The summed E-state index contributed by atoms with van der Waals surface area (Å²) in [5.74, 6) is 0.640. The van der Waals surface area contributed by atoms with E-state index < -0.39 is 0 Å². The van der Waals surface area contributed by atoms with Crippen molar-refractivity contribution in [1.29, 1.82) is 0 Å². The van der Waals surface area contributed by atoms with Crippen molar-refractivity contribution < 1.29 is 4.79 Å². The van der Waals surface area contributed by atoms with Crippen molar-refractivity contribution in [3.63, 3.8) is 0 Å². The Kier molecular flexibility index (Phi) is 3.92. The third-order valence-corrected chi connectivity index (χ3v) is 7.21. The second-order valence-electron chi connectivity index (χ2n) is 7.54. The molecule has 2 saturated carbocycles. The number of nitrogens with one attached hydrogen (secondary N) is 1. The Morgan fingerprint density at radius 3 is 2.82 bits per heavy atom. The Hall–Kier alpha value is -1.16. The number of carbonyl (C=O) groups is 1. The molecule has 22 heavy (non-hydrogen) atoms. The highest BCUT2D eigenvalue weighted by molar-refractivity contribution is 7.10. The minimum absolute atomic E-state index is 0.0738. The first-order chi connectivity index (χ1) is 10.4. The van der Waals surface area contributed by atoms with Gasteiger partial charge in [0.25, 0.3) is 5.91 Å². The van der Waals surface area contributed by atoms with Gasteiger partial charge in [0.15, 0.2) is 0 Å². The van der Waals surface area contributed by atoms with Crippen LogP contribution in [0.2, 0.25) is 0 Å². The Bertz CT molecular complexity index is 616. The van der Waals surface area contributed by atoms with Crippen molar-refractivity contribution in [3.8, 4) is 0 Å². The zero-order chi connectivity index (χ0) is 16.0. The zero-order valence-electron chi connectivity index (χ0n) is 14.0. The molecule has 1 aromatic rings. The van der Waals surface area contributed by atoms with E-state index in [2.05, 4.69) is 38.2 Å². The van der Waals surface area contributed by atoms with Crippen molar-refractivity contribution in [3.05, 3.63) is 21.9 Å². The molecule has 120 valence electrons. The molecule has 1 amide bonds. The molecule has 1 heterocycles. The van der Waals surface area contributed by atoms with Crippen LogP contribution in [-0.4, -0.2) is 11.6 Å². The van der Waals surface area contributed by atoms with Gasteiger partial charge in [0.05, 0.1) is 5.56 Å². The number of rotatable bonds is 4. The molecule has 2 aliphatic rings. The van der Waals surface area contributed by atoms with Gasteiger partial charge >= 0.3 is 0 Å². The van der Waals surface area contributed by atoms with E-state index >= 15 is 0 Å². The van der Waals surface area contributed by atoms with Gasteiger partial charge in [0, 0.05) is 21.4 Å². The fourth-order valence-electron chi connectivity index (χ4n) is 4.16. The van der Waals surface area contributed by atoms with Crippen LogP contribution in [0.1, 0.15) is 68.6 Å². The molecule has 2 fully saturated rings. The molecule has 3 rings (SSSR count). The molecule has 0 radical (unpaired) electrons. The Balaban J connectivity index is 1.70. The quantitative estimate of drug-likeness (QED) is 0.808. The van der Waals surface area contributed by atoms with Crippen molar-refractivity contribution in [2.75, 3.05) is 0 Å². The fourth-order valence-corrected chi connectivity index (χ4v) is 5.13. The van der Waals surface area contributed by atoms with Crippen LogP contribution in [-0.2, 0) is 6.42 Å². The Morgan fingerprint density at radius 2 is 2.23 bits per heavy atom. The molecular formula is C18H26N2OS. The summed E-state index contributed by atoms with van der Waals surface area (Å²) in [5, 5.41) is 6.46. The number of nitrogens with zero attached hydrogens (tertiary/aromatic N) is 1. The van der Waals surface area contributed by atoms with Crippen molar-refractivity contribution in [1.82, 2.24) is 5.43 Å². The maximum atomic E-state index is 12.3. The molecule has 2 aliphatic carbocycles. The van der Waals surface area contributed by atoms with Gasteiger partial charge in [0.2, 0.25) is 0 Å². The number of hydrogen-bond donors (Lipinski definition) is 1. The Morgan fingerprint density at radius 1 is 1.45 bits per heavy atom. The number of carbonyl (C=O) groups excluding carboxylic acids is 1. The van der Waals surface area contributed by atoms with Gasteiger partial charge in [0.1, 0.15) is 0 Å². The van der Waals surface area contributed by atoms with Gasteiger partial charge in [-0.05, 0) is 43.1 Å². The summed E-state index contributed by atoms with van der Waals surface area (Å²) in [4.78, 5) is 13.6. The average molecular weight is 318 g/mol.